The van der Waals surface area contributed by atoms with Gasteiger partial charge in [-0.3, -0.25) is 15.1 Å². The van der Waals surface area contributed by atoms with Gasteiger partial charge in [0.05, 0.1) is 6.04 Å². The minimum Gasteiger partial charge on any atom is -0.370 e. The van der Waals surface area contributed by atoms with Crippen molar-refractivity contribution in [3.8, 4) is 0 Å². The Morgan fingerprint density at radius 3 is 2.63 bits per heavy atom. The van der Waals surface area contributed by atoms with Gasteiger partial charge in [-0.15, -0.1) is 0 Å². The molecule has 1 heterocycles. The Hall–Kier alpha value is -2.84. The van der Waals surface area contributed by atoms with E-state index < -0.39 is 6.04 Å². The summed E-state index contributed by atoms with van der Waals surface area (Å²) in [6, 6.07) is 19.7. The fourth-order valence-corrected chi connectivity index (χ4v) is 5.61. The molecule has 3 aromatic carbocycles. The van der Waals surface area contributed by atoms with E-state index in [1.807, 2.05) is 11.0 Å². The first kappa shape index (κ1) is 28.2. The number of carbonyl (C=O) groups is 1. The average molecular weight is 556 g/mol. The maximum absolute atomic E-state index is 13.5. The lowest BCUT2D eigenvalue weighted by molar-refractivity contribution is -0.137. The van der Waals surface area contributed by atoms with E-state index in [1.165, 1.54) is 16.3 Å². The van der Waals surface area contributed by atoms with E-state index in [4.69, 9.17) is 40.1 Å². The van der Waals surface area contributed by atoms with Crippen LogP contribution < -0.4 is 16.8 Å². The van der Waals surface area contributed by atoms with Crippen LogP contribution in [0.15, 0.2) is 60.7 Å². The van der Waals surface area contributed by atoms with Crippen molar-refractivity contribution in [1.82, 2.24) is 15.1 Å². The summed E-state index contributed by atoms with van der Waals surface area (Å²) < 4.78 is 0. The van der Waals surface area contributed by atoms with Crippen LogP contribution in [0.2, 0.25) is 10.0 Å². The summed E-state index contributed by atoms with van der Waals surface area (Å²) in [4.78, 5) is 17.9. The van der Waals surface area contributed by atoms with Gasteiger partial charge in [-0.1, -0.05) is 71.7 Å². The van der Waals surface area contributed by atoms with E-state index in [0.717, 1.165) is 44.5 Å². The summed E-state index contributed by atoms with van der Waals surface area (Å²) in [6.45, 7) is 3.74. The molecule has 1 aliphatic rings. The van der Waals surface area contributed by atoms with E-state index >= 15 is 0 Å². The average Bonchev–Trinajstić information content (AvgIpc) is 2.91. The Morgan fingerprint density at radius 2 is 1.87 bits per heavy atom. The van der Waals surface area contributed by atoms with Gasteiger partial charge in [-0.25, -0.2) is 0 Å². The number of nitrogens with one attached hydrogen (secondary N) is 2. The molecule has 0 spiro atoms. The normalized spacial score (nSPS) is 16.9. The molecule has 1 aliphatic heterocycles. The Labute approximate surface area is 234 Å². The van der Waals surface area contributed by atoms with E-state index in [2.05, 4.69) is 52.7 Å². The number of amides is 1. The number of rotatable bonds is 10. The molecule has 0 saturated carbocycles. The zero-order valence-corrected chi connectivity index (χ0v) is 23.0. The molecule has 7 nitrogen and oxygen atoms in total. The molecule has 3 aromatic rings. The van der Waals surface area contributed by atoms with Crippen molar-refractivity contribution in [3.63, 3.8) is 0 Å². The Kier molecular flexibility index (Phi) is 9.86. The highest BCUT2D eigenvalue weighted by molar-refractivity contribution is 6.35. The number of piperazine rings is 1. The summed E-state index contributed by atoms with van der Waals surface area (Å²) >= 11 is 12.4. The maximum atomic E-state index is 13.5. The van der Waals surface area contributed by atoms with Crippen molar-refractivity contribution < 1.29 is 4.79 Å². The molecule has 6 N–H and O–H groups in total. The van der Waals surface area contributed by atoms with Gasteiger partial charge in [0, 0.05) is 48.8 Å². The molecular formula is C29H36Cl2N6O. The molecule has 0 aromatic heterocycles. The zero-order valence-electron chi connectivity index (χ0n) is 21.5. The monoisotopic (exact) mass is 554 g/mol. The highest BCUT2D eigenvalue weighted by atomic mass is 35.5. The van der Waals surface area contributed by atoms with Crippen molar-refractivity contribution >= 4 is 45.8 Å². The Morgan fingerprint density at radius 1 is 1.08 bits per heavy atom. The first-order chi connectivity index (χ1) is 18.3. The summed E-state index contributed by atoms with van der Waals surface area (Å²) in [5.41, 5.74) is 14.0. The molecule has 1 amide bonds. The molecular weight excluding hydrogens is 519 g/mol. The van der Waals surface area contributed by atoms with Crippen molar-refractivity contribution in [1.29, 1.82) is 5.41 Å². The standard InChI is InChI=1S/C29H36Cl2N6O/c30-24-10-9-23(26(31)18-24)17-27(32)28(38)37-15-14-36(19-25(37)6-3-12-35-29(33)34)13-11-20-7-8-21-4-1-2-5-22(21)16-20/h1-2,4-5,7-10,16,18,25,27H,3,6,11-15,17,19,32H2,(H4,33,34,35)/t25-,27+/m0/s1. The van der Waals surface area contributed by atoms with Crippen molar-refractivity contribution in [2.45, 2.75) is 37.8 Å². The molecule has 9 heteroatoms. The molecule has 38 heavy (non-hydrogen) atoms. The van der Waals surface area contributed by atoms with E-state index in [9.17, 15) is 4.79 Å². The number of benzene rings is 3. The largest absolute Gasteiger partial charge is 0.370 e. The fraction of sp³-hybridized carbons (Fsp3) is 0.379. The quantitative estimate of drug-likeness (QED) is 0.172. The van der Waals surface area contributed by atoms with Crippen LogP contribution in [0.1, 0.15) is 24.0 Å². The first-order valence-electron chi connectivity index (χ1n) is 13.1. The lowest BCUT2D eigenvalue weighted by Crippen LogP contribution is -2.59. The van der Waals surface area contributed by atoms with E-state index in [0.29, 0.717) is 29.6 Å². The van der Waals surface area contributed by atoms with E-state index in [1.54, 1.807) is 12.1 Å². The Bertz CT molecular complexity index is 1270. The van der Waals surface area contributed by atoms with E-state index in [-0.39, 0.29) is 17.9 Å². The highest BCUT2D eigenvalue weighted by Crippen LogP contribution is 2.23. The molecule has 1 fully saturated rings. The highest BCUT2D eigenvalue weighted by Gasteiger charge is 2.32. The second-order valence-electron chi connectivity index (χ2n) is 9.95. The van der Waals surface area contributed by atoms with Crippen LogP contribution >= 0.6 is 23.2 Å². The Balaban J connectivity index is 1.39. The SMILES string of the molecule is N=C(N)NCCC[C@H]1CN(CCc2ccc3ccccc3c2)CCN1C(=O)[C@H](N)Cc1ccc(Cl)cc1Cl. The predicted molar refractivity (Wildman–Crippen MR) is 157 cm³/mol. The number of halogens is 2. The van der Waals surface area contributed by atoms with Crippen LogP contribution in [0.25, 0.3) is 10.8 Å². The lowest BCUT2D eigenvalue weighted by Gasteiger charge is -2.42. The van der Waals surface area contributed by atoms with Crippen LogP contribution in [0.4, 0.5) is 0 Å². The third-order valence-corrected chi connectivity index (χ3v) is 7.77. The maximum Gasteiger partial charge on any atom is 0.240 e. The van der Waals surface area contributed by atoms with Gasteiger partial charge in [0.15, 0.2) is 5.96 Å². The number of nitrogens with zero attached hydrogens (tertiary/aromatic N) is 2. The summed E-state index contributed by atoms with van der Waals surface area (Å²) in [7, 11) is 0. The third-order valence-electron chi connectivity index (χ3n) is 7.18. The van der Waals surface area contributed by atoms with Crippen molar-refractivity contribution in [2.75, 3.05) is 32.7 Å². The van der Waals surface area contributed by atoms with Crippen LogP contribution in [-0.2, 0) is 17.6 Å². The number of carbonyl (C=O) groups excluding carboxylic acids is 1. The van der Waals surface area contributed by atoms with Gasteiger partial charge < -0.3 is 21.7 Å². The zero-order chi connectivity index (χ0) is 27.1. The number of fused-ring (bicyclic) bond motifs is 1. The molecule has 4 rings (SSSR count). The van der Waals surface area contributed by atoms with Crippen LogP contribution in [0.5, 0.6) is 0 Å². The lowest BCUT2D eigenvalue weighted by atomic mass is 10.0. The summed E-state index contributed by atoms with van der Waals surface area (Å²) in [6.07, 6.45) is 2.90. The third kappa shape index (κ3) is 7.60. The molecule has 2 atom stereocenters. The van der Waals surface area contributed by atoms with Crippen LogP contribution in [-0.4, -0.2) is 66.5 Å². The second kappa shape index (κ2) is 13.3. The fourth-order valence-electron chi connectivity index (χ4n) is 5.13. The topological polar surface area (TPSA) is 111 Å². The number of hydrogen-bond acceptors (Lipinski definition) is 4. The predicted octanol–water partition coefficient (Wildman–Crippen LogP) is 4.04. The van der Waals surface area contributed by atoms with Crippen molar-refractivity contribution in [2.24, 2.45) is 11.5 Å². The van der Waals surface area contributed by atoms with Gasteiger partial charge in [0.2, 0.25) is 5.91 Å². The minimum absolute atomic E-state index is 0.0355. The number of nitrogens with two attached hydrogens (primary N) is 2. The van der Waals surface area contributed by atoms with Crippen LogP contribution in [0, 0.1) is 5.41 Å². The molecule has 0 bridgehead atoms. The summed E-state index contributed by atoms with van der Waals surface area (Å²) in [5, 5.41) is 13.8. The molecule has 202 valence electrons. The van der Waals surface area contributed by atoms with Crippen molar-refractivity contribution in [3.05, 3.63) is 81.8 Å². The summed E-state index contributed by atoms with van der Waals surface area (Å²) in [5.74, 6) is -0.102. The van der Waals surface area contributed by atoms with Gasteiger partial charge in [0.25, 0.3) is 0 Å². The van der Waals surface area contributed by atoms with Crippen LogP contribution in [0.3, 0.4) is 0 Å². The van der Waals surface area contributed by atoms with Gasteiger partial charge in [0.1, 0.15) is 0 Å². The molecule has 0 radical (unpaired) electrons. The first-order valence-corrected chi connectivity index (χ1v) is 13.8. The molecule has 0 aliphatic carbocycles. The second-order valence-corrected chi connectivity index (χ2v) is 10.8. The number of guanidine groups is 1. The molecule has 0 unspecified atom stereocenters. The molecule has 1 saturated heterocycles. The van der Waals surface area contributed by atoms with Gasteiger partial charge in [-0.05, 0) is 59.7 Å². The van der Waals surface area contributed by atoms with Gasteiger partial charge >= 0.3 is 0 Å². The number of hydrogen-bond donors (Lipinski definition) is 4. The van der Waals surface area contributed by atoms with Gasteiger partial charge in [-0.2, -0.15) is 0 Å². The minimum atomic E-state index is -0.685. The smallest absolute Gasteiger partial charge is 0.240 e.